The first-order chi connectivity index (χ1) is 11.8. The van der Waals surface area contributed by atoms with Gasteiger partial charge < -0.3 is 10.6 Å². The molecule has 2 aromatic rings. The lowest BCUT2D eigenvalue weighted by molar-refractivity contribution is -0.124. The standard InChI is InChI=1S/C19H18ClFN2O2/c1-2-17(24)19(22,13-3-6-15(21)7-4-13)11-23-10-12-9-14(20)5-8-16(12)18(23)25/h3-9H,2,10-11,22H2,1H3. The Hall–Kier alpha value is -2.24. The summed E-state index contributed by atoms with van der Waals surface area (Å²) < 4.78 is 13.2. The van der Waals surface area contributed by atoms with Crippen LogP contribution in [0.4, 0.5) is 4.39 Å². The SMILES string of the molecule is CCC(=O)C(N)(CN1Cc2cc(Cl)ccc2C1=O)c1ccc(F)cc1. The van der Waals surface area contributed by atoms with Gasteiger partial charge in [0.2, 0.25) is 0 Å². The normalized spacial score (nSPS) is 15.8. The zero-order valence-electron chi connectivity index (χ0n) is 13.8. The molecule has 1 heterocycles. The van der Waals surface area contributed by atoms with Crippen molar-refractivity contribution < 1.29 is 14.0 Å². The fraction of sp³-hybridized carbons (Fsp3) is 0.263. The van der Waals surface area contributed by atoms with Crippen LogP contribution in [0.15, 0.2) is 42.5 Å². The Morgan fingerprint density at radius 3 is 2.60 bits per heavy atom. The van der Waals surface area contributed by atoms with Crippen molar-refractivity contribution in [1.29, 1.82) is 0 Å². The number of Topliss-reactive ketones (excluding diaryl/α,β-unsaturated/α-hetero) is 1. The van der Waals surface area contributed by atoms with Crippen molar-refractivity contribution in [3.05, 3.63) is 70.0 Å². The molecular weight excluding hydrogens is 343 g/mol. The second kappa shape index (κ2) is 6.58. The van der Waals surface area contributed by atoms with E-state index in [2.05, 4.69) is 0 Å². The smallest absolute Gasteiger partial charge is 0.254 e. The van der Waals surface area contributed by atoms with Crippen molar-refractivity contribution in [2.24, 2.45) is 5.73 Å². The quantitative estimate of drug-likeness (QED) is 0.890. The van der Waals surface area contributed by atoms with Crippen LogP contribution in [0.5, 0.6) is 0 Å². The molecule has 1 atom stereocenters. The van der Waals surface area contributed by atoms with Gasteiger partial charge in [0.25, 0.3) is 5.91 Å². The second-order valence-electron chi connectivity index (χ2n) is 6.22. The van der Waals surface area contributed by atoms with E-state index in [0.717, 1.165) is 5.56 Å². The summed E-state index contributed by atoms with van der Waals surface area (Å²) in [5.41, 5.74) is 6.91. The Morgan fingerprint density at radius 2 is 1.96 bits per heavy atom. The molecule has 3 rings (SSSR count). The molecule has 0 spiro atoms. The van der Waals surface area contributed by atoms with Crippen LogP contribution in [0.25, 0.3) is 0 Å². The van der Waals surface area contributed by atoms with Crippen LogP contribution in [-0.2, 0) is 16.9 Å². The van der Waals surface area contributed by atoms with E-state index >= 15 is 0 Å². The molecule has 2 N–H and O–H groups in total. The molecule has 6 heteroatoms. The molecule has 1 aliphatic heterocycles. The van der Waals surface area contributed by atoms with Gasteiger partial charge in [-0.05, 0) is 41.5 Å². The molecule has 130 valence electrons. The van der Waals surface area contributed by atoms with Crippen molar-refractivity contribution in [3.63, 3.8) is 0 Å². The van der Waals surface area contributed by atoms with Crippen LogP contribution in [0, 0.1) is 5.82 Å². The number of fused-ring (bicyclic) bond motifs is 1. The summed E-state index contributed by atoms with van der Waals surface area (Å²) in [4.78, 5) is 26.7. The van der Waals surface area contributed by atoms with E-state index in [1.54, 1.807) is 25.1 Å². The predicted octanol–water partition coefficient (Wildman–Crippen LogP) is 3.27. The molecule has 1 aliphatic rings. The maximum Gasteiger partial charge on any atom is 0.254 e. The zero-order chi connectivity index (χ0) is 18.2. The number of amides is 1. The molecule has 4 nitrogen and oxygen atoms in total. The third kappa shape index (κ3) is 3.17. The van der Waals surface area contributed by atoms with Crippen LogP contribution in [0.2, 0.25) is 5.02 Å². The summed E-state index contributed by atoms with van der Waals surface area (Å²) in [6.07, 6.45) is 0.217. The summed E-state index contributed by atoms with van der Waals surface area (Å²) in [7, 11) is 0. The number of ketones is 1. The summed E-state index contributed by atoms with van der Waals surface area (Å²) in [6, 6.07) is 10.6. The summed E-state index contributed by atoms with van der Waals surface area (Å²) in [6.45, 7) is 2.08. The van der Waals surface area contributed by atoms with E-state index < -0.39 is 11.4 Å². The molecule has 0 aliphatic carbocycles. The largest absolute Gasteiger partial charge is 0.332 e. The highest BCUT2D eigenvalue weighted by Gasteiger charge is 2.40. The number of hydrogen-bond donors (Lipinski definition) is 1. The molecular formula is C19H18ClFN2O2. The van der Waals surface area contributed by atoms with E-state index in [-0.39, 0.29) is 24.7 Å². The Balaban J connectivity index is 1.93. The van der Waals surface area contributed by atoms with Crippen LogP contribution < -0.4 is 5.73 Å². The lowest BCUT2D eigenvalue weighted by Gasteiger charge is -2.32. The highest BCUT2D eigenvalue weighted by atomic mass is 35.5. The number of hydrogen-bond acceptors (Lipinski definition) is 3. The Morgan fingerprint density at radius 1 is 1.28 bits per heavy atom. The van der Waals surface area contributed by atoms with E-state index in [1.165, 1.54) is 29.2 Å². The van der Waals surface area contributed by atoms with Gasteiger partial charge in [0, 0.05) is 23.6 Å². The van der Waals surface area contributed by atoms with Crippen LogP contribution in [-0.4, -0.2) is 23.1 Å². The minimum atomic E-state index is -1.38. The van der Waals surface area contributed by atoms with Gasteiger partial charge in [-0.1, -0.05) is 30.7 Å². The molecule has 0 saturated heterocycles. The summed E-state index contributed by atoms with van der Waals surface area (Å²) in [5.74, 6) is -0.803. The first-order valence-corrected chi connectivity index (χ1v) is 8.39. The zero-order valence-corrected chi connectivity index (χ0v) is 14.5. The van der Waals surface area contributed by atoms with Gasteiger partial charge in [-0.15, -0.1) is 0 Å². The number of carbonyl (C=O) groups excluding carboxylic acids is 2. The van der Waals surface area contributed by atoms with Gasteiger partial charge in [0.1, 0.15) is 11.4 Å². The van der Waals surface area contributed by atoms with Gasteiger partial charge in [-0.25, -0.2) is 4.39 Å². The number of nitrogens with two attached hydrogens (primary N) is 1. The number of carbonyl (C=O) groups is 2. The third-order valence-electron chi connectivity index (χ3n) is 4.56. The highest BCUT2D eigenvalue weighted by Crippen LogP contribution is 2.30. The highest BCUT2D eigenvalue weighted by molar-refractivity contribution is 6.30. The minimum Gasteiger partial charge on any atom is -0.332 e. The van der Waals surface area contributed by atoms with Crippen molar-refractivity contribution >= 4 is 23.3 Å². The molecule has 0 fully saturated rings. The lowest BCUT2D eigenvalue weighted by atomic mass is 9.84. The topological polar surface area (TPSA) is 63.4 Å². The summed E-state index contributed by atoms with van der Waals surface area (Å²) >= 11 is 5.99. The molecule has 0 radical (unpaired) electrons. The molecule has 1 amide bonds. The Bertz CT molecular complexity index is 838. The van der Waals surface area contributed by atoms with Crippen LogP contribution in [0.3, 0.4) is 0 Å². The van der Waals surface area contributed by atoms with Gasteiger partial charge in [-0.2, -0.15) is 0 Å². The number of halogens is 2. The van der Waals surface area contributed by atoms with E-state index in [0.29, 0.717) is 22.7 Å². The number of benzene rings is 2. The maximum atomic E-state index is 13.2. The number of nitrogens with zero attached hydrogens (tertiary/aromatic N) is 1. The van der Waals surface area contributed by atoms with Gasteiger partial charge in [0.05, 0.1) is 6.54 Å². The van der Waals surface area contributed by atoms with Crippen molar-refractivity contribution in [2.45, 2.75) is 25.4 Å². The lowest BCUT2D eigenvalue weighted by Crippen LogP contribution is -2.53. The van der Waals surface area contributed by atoms with Crippen molar-refractivity contribution in [2.75, 3.05) is 6.54 Å². The predicted molar refractivity (Wildman–Crippen MR) is 93.8 cm³/mol. The van der Waals surface area contributed by atoms with E-state index in [9.17, 15) is 14.0 Å². The van der Waals surface area contributed by atoms with Gasteiger partial charge >= 0.3 is 0 Å². The Kier molecular flexibility index (Phi) is 4.62. The first-order valence-electron chi connectivity index (χ1n) is 8.01. The molecule has 25 heavy (non-hydrogen) atoms. The molecule has 2 aromatic carbocycles. The average Bonchev–Trinajstić information content (AvgIpc) is 2.89. The summed E-state index contributed by atoms with van der Waals surface area (Å²) in [5, 5.41) is 0.551. The number of rotatable bonds is 5. The maximum absolute atomic E-state index is 13.2. The molecule has 1 unspecified atom stereocenters. The average molecular weight is 361 g/mol. The molecule has 0 saturated carbocycles. The van der Waals surface area contributed by atoms with Gasteiger partial charge in [-0.3, -0.25) is 9.59 Å². The first kappa shape index (κ1) is 17.6. The second-order valence-corrected chi connectivity index (χ2v) is 6.65. The minimum absolute atomic E-state index is 0.0242. The fourth-order valence-corrected chi connectivity index (χ4v) is 3.38. The third-order valence-corrected chi connectivity index (χ3v) is 4.80. The van der Waals surface area contributed by atoms with Gasteiger partial charge in [0.15, 0.2) is 5.78 Å². The van der Waals surface area contributed by atoms with Crippen molar-refractivity contribution in [1.82, 2.24) is 4.90 Å². The van der Waals surface area contributed by atoms with Crippen LogP contribution >= 0.6 is 11.6 Å². The van der Waals surface area contributed by atoms with Crippen LogP contribution in [0.1, 0.15) is 34.8 Å². The monoisotopic (exact) mass is 360 g/mol. The molecule has 0 aromatic heterocycles. The Labute approximate surface area is 150 Å². The fourth-order valence-electron chi connectivity index (χ4n) is 3.18. The van der Waals surface area contributed by atoms with E-state index in [1.807, 2.05) is 0 Å². The van der Waals surface area contributed by atoms with Crippen molar-refractivity contribution in [3.8, 4) is 0 Å². The molecule has 0 bridgehead atoms. The van der Waals surface area contributed by atoms with E-state index in [4.69, 9.17) is 17.3 Å².